The van der Waals surface area contributed by atoms with E-state index in [1.54, 1.807) is 6.92 Å². The van der Waals surface area contributed by atoms with Crippen LogP contribution in [0.25, 0.3) is 0 Å². The van der Waals surface area contributed by atoms with E-state index in [1.165, 1.54) is 24.8 Å². The molecule has 0 aromatic carbocycles. The largest absolute Gasteiger partial charge is 0.480 e. The number of nitrogens with one attached hydrogen (secondary N) is 2. The van der Waals surface area contributed by atoms with Gasteiger partial charge in [-0.05, 0) is 50.7 Å². The summed E-state index contributed by atoms with van der Waals surface area (Å²) in [7, 11) is 0. The van der Waals surface area contributed by atoms with Crippen LogP contribution in [0.4, 0.5) is 0 Å². The third-order valence-electron chi connectivity index (χ3n) is 5.07. The van der Waals surface area contributed by atoms with Gasteiger partial charge in [-0.2, -0.15) is 11.8 Å². The number of aliphatic carboxylic acids is 2. The smallest absolute Gasteiger partial charge is 0.352 e. The second kappa shape index (κ2) is 12.1. The minimum absolute atomic E-state index is 0.0117. The maximum Gasteiger partial charge on any atom is 0.352 e. The number of unbranched alkanes of at least 4 members (excludes halogenated alkanes) is 2. The molecule has 1 rings (SSSR count). The van der Waals surface area contributed by atoms with Gasteiger partial charge in [0.15, 0.2) is 0 Å². The second-order valence-electron chi connectivity index (χ2n) is 8.59. The van der Waals surface area contributed by atoms with Crippen molar-refractivity contribution in [2.45, 2.75) is 71.9 Å². The van der Waals surface area contributed by atoms with E-state index in [0.29, 0.717) is 18.6 Å². The SMILES string of the molecule is CC(=O)CC(C)N[C@@H](CSCCCC/C=C(\NC(=O)[C@@H]1CC1(C)C)C(=O)O)C(=O)O. The van der Waals surface area contributed by atoms with Crippen molar-refractivity contribution < 1.29 is 29.4 Å². The summed E-state index contributed by atoms with van der Waals surface area (Å²) in [4.78, 5) is 45.9. The second-order valence-corrected chi connectivity index (χ2v) is 9.74. The molecule has 1 saturated carbocycles. The predicted molar refractivity (Wildman–Crippen MR) is 116 cm³/mol. The fourth-order valence-electron chi connectivity index (χ4n) is 3.15. The molecule has 170 valence electrons. The lowest BCUT2D eigenvalue weighted by atomic mass is 10.1. The molecule has 9 heteroatoms. The van der Waals surface area contributed by atoms with Crippen molar-refractivity contribution in [3.05, 3.63) is 11.8 Å². The Labute approximate surface area is 182 Å². The fraction of sp³-hybridized carbons (Fsp3) is 0.714. The molecule has 0 bridgehead atoms. The first-order valence-corrected chi connectivity index (χ1v) is 11.4. The van der Waals surface area contributed by atoms with E-state index in [0.717, 1.165) is 25.0 Å². The van der Waals surface area contributed by atoms with Gasteiger partial charge in [-0.3, -0.25) is 14.4 Å². The quantitative estimate of drug-likeness (QED) is 0.224. The van der Waals surface area contributed by atoms with Crippen LogP contribution < -0.4 is 10.6 Å². The van der Waals surface area contributed by atoms with Crippen molar-refractivity contribution in [1.82, 2.24) is 10.6 Å². The van der Waals surface area contributed by atoms with E-state index in [4.69, 9.17) is 0 Å². The number of carboxylic acid groups (broad SMARTS) is 2. The molecule has 0 heterocycles. The third kappa shape index (κ3) is 9.75. The minimum atomic E-state index is -1.15. The number of amides is 1. The number of hydrogen-bond acceptors (Lipinski definition) is 6. The monoisotopic (exact) mass is 442 g/mol. The molecule has 0 aromatic rings. The van der Waals surface area contributed by atoms with Crippen LogP contribution in [0.3, 0.4) is 0 Å². The Kier molecular flexibility index (Phi) is 10.6. The summed E-state index contributed by atoms with van der Waals surface area (Å²) in [5.41, 5.74) is -0.137. The van der Waals surface area contributed by atoms with Crippen LogP contribution in [0.5, 0.6) is 0 Å². The maximum atomic E-state index is 12.1. The predicted octanol–water partition coefficient (Wildman–Crippen LogP) is 2.43. The Morgan fingerprint density at radius 1 is 1.20 bits per heavy atom. The van der Waals surface area contributed by atoms with Gasteiger partial charge >= 0.3 is 11.9 Å². The first-order chi connectivity index (χ1) is 13.9. The van der Waals surface area contributed by atoms with Crippen LogP contribution in [0.2, 0.25) is 0 Å². The molecule has 0 aliphatic heterocycles. The number of carbonyl (C=O) groups is 4. The molecule has 0 radical (unpaired) electrons. The summed E-state index contributed by atoms with van der Waals surface area (Å²) in [5, 5.41) is 24.0. The van der Waals surface area contributed by atoms with Crippen LogP contribution in [0.15, 0.2) is 11.8 Å². The number of ketones is 1. The van der Waals surface area contributed by atoms with E-state index < -0.39 is 18.0 Å². The van der Waals surface area contributed by atoms with Crippen LogP contribution in [0, 0.1) is 11.3 Å². The van der Waals surface area contributed by atoms with E-state index in [1.807, 2.05) is 13.8 Å². The van der Waals surface area contributed by atoms with Crippen molar-refractivity contribution in [1.29, 1.82) is 0 Å². The molecule has 1 fully saturated rings. The highest BCUT2D eigenvalue weighted by Crippen LogP contribution is 2.51. The number of allylic oxidation sites excluding steroid dienone is 1. The van der Waals surface area contributed by atoms with Gasteiger partial charge in [0.2, 0.25) is 5.91 Å². The van der Waals surface area contributed by atoms with Crippen molar-refractivity contribution in [2.24, 2.45) is 11.3 Å². The molecule has 1 aliphatic carbocycles. The molecule has 1 amide bonds. The van der Waals surface area contributed by atoms with Crippen molar-refractivity contribution >= 4 is 35.4 Å². The zero-order valence-electron chi connectivity index (χ0n) is 18.2. The van der Waals surface area contributed by atoms with Gasteiger partial charge in [-0.15, -0.1) is 0 Å². The van der Waals surface area contributed by atoms with E-state index >= 15 is 0 Å². The fourth-order valence-corrected chi connectivity index (χ4v) is 4.20. The zero-order valence-corrected chi connectivity index (χ0v) is 19.0. The number of hydrogen-bond donors (Lipinski definition) is 4. The van der Waals surface area contributed by atoms with Gasteiger partial charge in [-0.25, -0.2) is 4.79 Å². The van der Waals surface area contributed by atoms with Gasteiger partial charge in [0.25, 0.3) is 0 Å². The van der Waals surface area contributed by atoms with E-state index in [2.05, 4.69) is 10.6 Å². The maximum absolute atomic E-state index is 12.1. The molecule has 0 saturated heterocycles. The van der Waals surface area contributed by atoms with Crippen molar-refractivity contribution in [2.75, 3.05) is 11.5 Å². The molecule has 8 nitrogen and oxygen atoms in total. The number of carboxylic acids is 2. The van der Waals surface area contributed by atoms with Crippen molar-refractivity contribution in [3.63, 3.8) is 0 Å². The van der Waals surface area contributed by atoms with Gasteiger partial charge in [0.1, 0.15) is 17.5 Å². The Morgan fingerprint density at radius 2 is 1.83 bits per heavy atom. The Balaban J connectivity index is 2.30. The summed E-state index contributed by atoms with van der Waals surface area (Å²) in [5.74, 6) is -1.32. The zero-order chi connectivity index (χ0) is 22.9. The Morgan fingerprint density at radius 3 is 2.33 bits per heavy atom. The highest BCUT2D eigenvalue weighted by Gasteiger charge is 2.50. The summed E-state index contributed by atoms with van der Waals surface area (Å²) in [6.45, 7) is 7.23. The third-order valence-corrected chi connectivity index (χ3v) is 6.22. The van der Waals surface area contributed by atoms with Crippen LogP contribution >= 0.6 is 11.8 Å². The summed E-state index contributed by atoms with van der Waals surface area (Å²) < 4.78 is 0. The van der Waals surface area contributed by atoms with Gasteiger partial charge in [0.05, 0.1) is 0 Å². The van der Waals surface area contributed by atoms with Crippen LogP contribution in [-0.2, 0) is 19.2 Å². The molecule has 3 atom stereocenters. The molecule has 0 spiro atoms. The number of rotatable bonds is 15. The minimum Gasteiger partial charge on any atom is -0.480 e. The van der Waals surface area contributed by atoms with E-state index in [-0.39, 0.29) is 34.8 Å². The van der Waals surface area contributed by atoms with Crippen LogP contribution in [-0.4, -0.2) is 57.4 Å². The highest BCUT2D eigenvalue weighted by molar-refractivity contribution is 7.99. The van der Waals surface area contributed by atoms with Crippen LogP contribution in [0.1, 0.15) is 59.8 Å². The van der Waals surface area contributed by atoms with Gasteiger partial charge in [0, 0.05) is 24.1 Å². The highest BCUT2D eigenvalue weighted by atomic mass is 32.2. The first-order valence-electron chi connectivity index (χ1n) is 10.2. The first kappa shape index (κ1) is 26.2. The average molecular weight is 443 g/mol. The summed E-state index contributed by atoms with van der Waals surface area (Å²) in [6, 6.07) is -0.912. The Bertz CT molecular complexity index is 676. The molecular weight excluding hydrogens is 408 g/mol. The summed E-state index contributed by atoms with van der Waals surface area (Å²) >= 11 is 1.50. The molecular formula is C21H34N2O6S. The lowest BCUT2D eigenvalue weighted by molar-refractivity contribution is -0.139. The molecule has 1 unspecified atom stereocenters. The Hall–Kier alpha value is -1.87. The molecule has 4 N–H and O–H groups in total. The van der Waals surface area contributed by atoms with Gasteiger partial charge in [-0.1, -0.05) is 19.9 Å². The summed E-state index contributed by atoms with van der Waals surface area (Å²) in [6.07, 6.45) is 4.65. The molecule has 0 aromatic heterocycles. The topological polar surface area (TPSA) is 133 Å². The van der Waals surface area contributed by atoms with E-state index in [9.17, 15) is 29.4 Å². The lowest BCUT2D eigenvalue weighted by Crippen LogP contribution is -2.44. The molecule has 1 aliphatic rings. The number of carbonyl (C=O) groups excluding carboxylic acids is 2. The molecule has 30 heavy (non-hydrogen) atoms. The standard InChI is InChI=1S/C21H34N2O6S/c1-13(10-14(2)24)22-17(20(28)29)12-30-9-7-5-6-8-16(19(26)27)23-18(25)15-11-21(15,3)4/h8,13,15,17,22H,5-7,9-12H2,1-4H3,(H,23,25)(H,26,27)(H,28,29)/b16-8-/t13?,15-,17-/m0/s1. The van der Waals surface area contributed by atoms with Crippen molar-refractivity contribution in [3.8, 4) is 0 Å². The lowest BCUT2D eigenvalue weighted by Gasteiger charge is -2.19. The normalized spacial score (nSPS) is 19.6. The average Bonchev–Trinajstić information content (AvgIpc) is 3.26. The van der Waals surface area contributed by atoms with Gasteiger partial charge < -0.3 is 20.8 Å². The number of thioether (sulfide) groups is 1. The number of Topliss-reactive ketones (excluding diaryl/α,β-unsaturated/α-hetero) is 1.